The summed E-state index contributed by atoms with van der Waals surface area (Å²) >= 11 is 3.44. The van der Waals surface area contributed by atoms with Gasteiger partial charge >= 0.3 is 0 Å². The highest BCUT2D eigenvalue weighted by Crippen LogP contribution is 2.39. The monoisotopic (exact) mass is 375 g/mol. The highest BCUT2D eigenvalue weighted by Gasteiger charge is 2.23. The van der Waals surface area contributed by atoms with Gasteiger partial charge in [0.15, 0.2) is 0 Å². The van der Waals surface area contributed by atoms with Crippen molar-refractivity contribution in [1.29, 1.82) is 0 Å². The van der Waals surface area contributed by atoms with E-state index in [1.54, 1.807) is 11.8 Å². The molecule has 0 atom stereocenters. The maximum atomic E-state index is 12.6. The number of aryl methyl sites for hydroxylation is 3. The zero-order valence-corrected chi connectivity index (χ0v) is 16.6. The van der Waals surface area contributed by atoms with E-state index in [2.05, 4.69) is 11.9 Å². The number of fused-ring (bicyclic) bond motifs is 3. The van der Waals surface area contributed by atoms with Gasteiger partial charge in [-0.15, -0.1) is 11.3 Å². The van der Waals surface area contributed by atoms with E-state index in [9.17, 15) is 4.79 Å². The van der Waals surface area contributed by atoms with Gasteiger partial charge in [0.1, 0.15) is 15.7 Å². The Morgan fingerprint density at radius 1 is 1.24 bits per heavy atom. The molecule has 1 fully saturated rings. The molecule has 4 rings (SSSR count). The molecule has 1 amide bonds. The van der Waals surface area contributed by atoms with E-state index >= 15 is 0 Å². The minimum absolute atomic E-state index is 0.255. The van der Waals surface area contributed by atoms with Crippen molar-refractivity contribution in [3.63, 3.8) is 0 Å². The average Bonchev–Trinajstić information content (AvgIpc) is 2.98. The molecular weight excluding hydrogens is 350 g/mol. The molecule has 1 saturated heterocycles. The smallest absolute Gasteiger partial charge is 0.232 e. The van der Waals surface area contributed by atoms with E-state index in [0.29, 0.717) is 5.75 Å². The minimum atomic E-state index is 0.255. The highest BCUT2D eigenvalue weighted by atomic mass is 32.2. The van der Waals surface area contributed by atoms with Crippen molar-refractivity contribution in [2.24, 2.45) is 5.92 Å². The van der Waals surface area contributed by atoms with Gasteiger partial charge < -0.3 is 4.90 Å². The number of piperidine rings is 1. The largest absolute Gasteiger partial charge is 0.342 e. The van der Waals surface area contributed by atoms with Crippen LogP contribution >= 0.6 is 23.1 Å². The second-order valence-corrected chi connectivity index (χ2v) is 9.37. The first-order valence-corrected chi connectivity index (χ1v) is 11.1. The van der Waals surface area contributed by atoms with E-state index < -0.39 is 0 Å². The average molecular weight is 376 g/mol. The molecule has 0 radical (unpaired) electrons. The third kappa shape index (κ3) is 3.56. The second kappa shape index (κ2) is 7.23. The standard InChI is InChI=1S/C19H25N3OS2/c1-12-7-9-22(10-8-12)16(23)11-24-18-17-14-5-3-4-6-15(14)25-19(17)21-13(2)20-18/h12H,3-11H2,1-2H3. The van der Waals surface area contributed by atoms with Gasteiger partial charge in [0.05, 0.1) is 5.75 Å². The highest BCUT2D eigenvalue weighted by molar-refractivity contribution is 8.00. The number of carbonyl (C=O) groups is 1. The molecule has 6 heteroatoms. The summed E-state index contributed by atoms with van der Waals surface area (Å²) in [6.07, 6.45) is 7.09. The Labute approximate surface area is 157 Å². The maximum Gasteiger partial charge on any atom is 0.232 e. The van der Waals surface area contributed by atoms with E-state index in [-0.39, 0.29) is 5.91 Å². The SMILES string of the molecule is Cc1nc(SCC(=O)N2CCC(C)CC2)c2c3c(sc2n1)CCCC3. The predicted octanol–water partition coefficient (Wildman–Crippen LogP) is 4.23. The molecule has 0 saturated carbocycles. The lowest BCUT2D eigenvalue weighted by atomic mass is 9.97. The molecule has 0 bridgehead atoms. The fourth-order valence-corrected chi connectivity index (χ4v) is 6.18. The fourth-order valence-electron chi connectivity index (χ4n) is 3.81. The van der Waals surface area contributed by atoms with Gasteiger partial charge in [-0.3, -0.25) is 4.79 Å². The third-order valence-corrected chi connectivity index (χ3v) is 7.51. The molecule has 134 valence electrons. The van der Waals surface area contributed by atoms with Crippen LogP contribution in [0, 0.1) is 12.8 Å². The van der Waals surface area contributed by atoms with Crippen LogP contribution in [0.1, 0.15) is 48.9 Å². The van der Waals surface area contributed by atoms with E-state index in [0.717, 1.165) is 54.0 Å². The fraction of sp³-hybridized carbons (Fsp3) is 0.632. The summed E-state index contributed by atoms with van der Waals surface area (Å²) < 4.78 is 0. The van der Waals surface area contributed by atoms with Gasteiger partial charge in [-0.05, 0) is 56.9 Å². The molecule has 2 aromatic heterocycles. The molecule has 25 heavy (non-hydrogen) atoms. The van der Waals surface area contributed by atoms with E-state index in [1.165, 1.54) is 35.1 Å². The first-order valence-electron chi connectivity index (χ1n) is 9.31. The van der Waals surface area contributed by atoms with Crippen molar-refractivity contribution in [1.82, 2.24) is 14.9 Å². The molecule has 4 nitrogen and oxygen atoms in total. The van der Waals surface area contributed by atoms with Crippen LogP contribution in [-0.4, -0.2) is 39.6 Å². The van der Waals surface area contributed by atoms with Crippen LogP contribution in [0.2, 0.25) is 0 Å². The van der Waals surface area contributed by atoms with Crippen molar-refractivity contribution in [2.45, 2.75) is 57.4 Å². The van der Waals surface area contributed by atoms with Crippen LogP contribution in [0.4, 0.5) is 0 Å². The Morgan fingerprint density at radius 3 is 2.80 bits per heavy atom. The first-order chi connectivity index (χ1) is 12.1. The summed E-state index contributed by atoms with van der Waals surface area (Å²) in [5.41, 5.74) is 1.45. The van der Waals surface area contributed by atoms with Crippen LogP contribution in [0.3, 0.4) is 0 Å². The van der Waals surface area contributed by atoms with Crippen LogP contribution in [-0.2, 0) is 17.6 Å². The number of thiophene rings is 1. The first kappa shape index (κ1) is 17.3. The molecule has 1 aliphatic heterocycles. The number of hydrogen-bond acceptors (Lipinski definition) is 5. The molecule has 0 spiro atoms. The number of amides is 1. The van der Waals surface area contributed by atoms with Crippen molar-refractivity contribution >= 4 is 39.2 Å². The molecule has 0 N–H and O–H groups in total. The van der Waals surface area contributed by atoms with Crippen molar-refractivity contribution in [2.75, 3.05) is 18.8 Å². The molecule has 0 aromatic carbocycles. The number of nitrogens with zero attached hydrogens (tertiary/aromatic N) is 3. The normalized spacial score (nSPS) is 18.6. The Bertz CT molecular complexity index is 794. The zero-order valence-electron chi connectivity index (χ0n) is 15.0. The molecule has 2 aromatic rings. The summed E-state index contributed by atoms with van der Waals surface area (Å²) in [5, 5.41) is 2.25. The summed E-state index contributed by atoms with van der Waals surface area (Å²) in [7, 11) is 0. The lowest BCUT2D eigenvalue weighted by molar-refractivity contribution is -0.129. The second-order valence-electron chi connectivity index (χ2n) is 7.32. The number of aromatic nitrogens is 2. The van der Waals surface area contributed by atoms with Crippen LogP contribution < -0.4 is 0 Å². The Kier molecular flexibility index (Phi) is 5.00. The molecule has 2 aliphatic rings. The topological polar surface area (TPSA) is 46.1 Å². The molecule has 0 unspecified atom stereocenters. The summed E-state index contributed by atoms with van der Waals surface area (Å²) in [6, 6.07) is 0. The van der Waals surface area contributed by atoms with Gasteiger partial charge in [-0.1, -0.05) is 18.7 Å². The zero-order chi connectivity index (χ0) is 17.4. The number of likely N-dealkylation sites (tertiary alicyclic amines) is 1. The van der Waals surface area contributed by atoms with Gasteiger partial charge in [-0.25, -0.2) is 9.97 Å². The van der Waals surface area contributed by atoms with Gasteiger partial charge in [-0.2, -0.15) is 0 Å². The summed E-state index contributed by atoms with van der Waals surface area (Å²) in [6.45, 7) is 6.05. The van der Waals surface area contributed by atoms with E-state index in [1.807, 2.05) is 23.2 Å². The molecule has 1 aliphatic carbocycles. The van der Waals surface area contributed by atoms with Gasteiger partial charge in [0, 0.05) is 23.4 Å². The van der Waals surface area contributed by atoms with Gasteiger partial charge in [0.2, 0.25) is 5.91 Å². The van der Waals surface area contributed by atoms with Crippen molar-refractivity contribution in [3.05, 3.63) is 16.3 Å². The number of rotatable bonds is 3. The number of thioether (sulfide) groups is 1. The minimum Gasteiger partial charge on any atom is -0.342 e. The van der Waals surface area contributed by atoms with Crippen LogP contribution in [0.15, 0.2) is 5.03 Å². The number of hydrogen-bond donors (Lipinski definition) is 0. The maximum absolute atomic E-state index is 12.6. The third-order valence-electron chi connectivity index (χ3n) is 5.36. The number of carbonyl (C=O) groups excluding carboxylic acids is 1. The van der Waals surface area contributed by atoms with Crippen molar-refractivity contribution < 1.29 is 4.79 Å². The van der Waals surface area contributed by atoms with Gasteiger partial charge in [0.25, 0.3) is 0 Å². The van der Waals surface area contributed by atoms with Crippen LogP contribution in [0.5, 0.6) is 0 Å². The summed E-state index contributed by atoms with van der Waals surface area (Å²) in [5.74, 6) is 2.31. The Morgan fingerprint density at radius 2 is 2.00 bits per heavy atom. The summed E-state index contributed by atoms with van der Waals surface area (Å²) in [4.78, 5) is 26.6. The quantitative estimate of drug-likeness (QED) is 0.595. The lowest BCUT2D eigenvalue weighted by Crippen LogP contribution is -2.38. The van der Waals surface area contributed by atoms with Crippen LogP contribution in [0.25, 0.3) is 10.2 Å². The van der Waals surface area contributed by atoms with Crippen molar-refractivity contribution in [3.8, 4) is 0 Å². The Balaban J connectivity index is 1.54. The van der Waals surface area contributed by atoms with E-state index in [4.69, 9.17) is 4.98 Å². The lowest BCUT2D eigenvalue weighted by Gasteiger charge is -2.30. The predicted molar refractivity (Wildman–Crippen MR) is 104 cm³/mol. The molecular formula is C19H25N3OS2. The Hall–Kier alpha value is -1.14. The molecule has 3 heterocycles.